The molecule has 0 amide bonds. The molecule has 0 radical (unpaired) electrons. The van der Waals surface area contributed by atoms with Gasteiger partial charge in [-0.2, -0.15) is 11.8 Å². The zero-order valence-electron chi connectivity index (χ0n) is 10.4. The highest BCUT2D eigenvalue weighted by atomic mass is 32.2. The fraction of sp³-hybridized carbons (Fsp3) is 1.00. The normalized spacial score (nSPS) is 20.8. The molecule has 1 rings (SSSR count). The molecule has 90 valence electrons. The van der Waals surface area contributed by atoms with Gasteiger partial charge in [-0.05, 0) is 18.8 Å². The number of nitrogens with two attached hydrogens (primary N) is 1. The molecule has 0 spiro atoms. The zero-order valence-corrected chi connectivity index (χ0v) is 11.2. The van der Waals surface area contributed by atoms with Gasteiger partial charge in [0, 0.05) is 17.0 Å². The Morgan fingerprint density at radius 1 is 1.13 bits per heavy atom. The number of rotatable bonds is 6. The highest BCUT2D eigenvalue weighted by molar-refractivity contribution is 7.99. The molecule has 0 aromatic rings. The summed E-state index contributed by atoms with van der Waals surface area (Å²) in [4.78, 5) is 0. The van der Waals surface area contributed by atoms with E-state index in [9.17, 15) is 0 Å². The topological polar surface area (TPSA) is 26.0 Å². The first kappa shape index (κ1) is 13.4. The van der Waals surface area contributed by atoms with Gasteiger partial charge in [0.05, 0.1) is 0 Å². The molecule has 1 saturated carbocycles. The van der Waals surface area contributed by atoms with E-state index in [-0.39, 0.29) is 0 Å². The van der Waals surface area contributed by atoms with Gasteiger partial charge in [0.15, 0.2) is 0 Å². The predicted molar refractivity (Wildman–Crippen MR) is 71.4 cm³/mol. The Labute approximate surface area is 99.6 Å². The number of hydrogen-bond donors (Lipinski definition) is 1. The lowest BCUT2D eigenvalue weighted by Crippen LogP contribution is -2.32. The fourth-order valence-electron chi connectivity index (χ4n) is 2.51. The van der Waals surface area contributed by atoms with Gasteiger partial charge in [-0.25, -0.2) is 0 Å². The molecule has 1 unspecified atom stereocenters. The maximum atomic E-state index is 6.24. The minimum Gasteiger partial charge on any atom is -0.327 e. The summed E-state index contributed by atoms with van der Waals surface area (Å²) in [6.07, 6.45) is 9.68. The highest BCUT2D eigenvalue weighted by Crippen LogP contribution is 2.29. The first-order valence-electron chi connectivity index (χ1n) is 6.65. The van der Waals surface area contributed by atoms with Crippen LogP contribution in [0.3, 0.4) is 0 Å². The van der Waals surface area contributed by atoms with Crippen molar-refractivity contribution in [2.24, 2.45) is 11.7 Å². The summed E-state index contributed by atoms with van der Waals surface area (Å²) >= 11 is 2.14. The fourth-order valence-corrected chi connectivity index (χ4v) is 3.94. The summed E-state index contributed by atoms with van der Waals surface area (Å²) < 4.78 is 0. The molecule has 2 N–H and O–H groups in total. The third-order valence-corrected chi connectivity index (χ3v) is 5.25. The summed E-state index contributed by atoms with van der Waals surface area (Å²) in [6, 6.07) is 0.423. The van der Waals surface area contributed by atoms with E-state index in [1.807, 2.05) is 0 Å². The second-order valence-electron chi connectivity index (χ2n) is 4.83. The molecular formula is C13H27NS. The van der Waals surface area contributed by atoms with Crippen LogP contribution >= 0.6 is 11.8 Å². The third kappa shape index (κ3) is 4.78. The van der Waals surface area contributed by atoms with Crippen LogP contribution in [0.5, 0.6) is 0 Å². The summed E-state index contributed by atoms with van der Waals surface area (Å²) in [7, 11) is 0. The van der Waals surface area contributed by atoms with Crippen LogP contribution in [0, 0.1) is 5.92 Å². The Morgan fingerprint density at radius 3 is 2.27 bits per heavy atom. The van der Waals surface area contributed by atoms with E-state index < -0.39 is 0 Å². The quantitative estimate of drug-likeness (QED) is 0.749. The monoisotopic (exact) mass is 229 g/mol. The molecule has 0 aromatic carbocycles. The first-order valence-corrected chi connectivity index (χ1v) is 7.70. The van der Waals surface area contributed by atoms with E-state index in [0.29, 0.717) is 6.04 Å². The van der Waals surface area contributed by atoms with Gasteiger partial charge in [-0.1, -0.05) is 46.0 Å². The summed E-state index contributed by atoms with van der Waals surface area (Å²) in [5.41, 5.74) is 6.24. The molecule has 1 aliphatic rings. The van der Waals surface area contributed by atoms with Crippen LogP contribution in [0.25, 0.3) is 0 Å². The minimum atomic E-state index is 0.423. The van der Waals surface area contributed by atoms with Gasteiger partial charge < -0.3 is 5.73 Å². The van der Waals surface area contributed by atoms with Gasteiger partial charge >= 0.3 is 0 Å². The summed E-state index contributed by atoms with van der Waals surface area (Å²) in [6.45, 7) is 4.53. The van der Waals surface area contributed by atoms with Crippen LogP contribution in [0.2, 0.25) is 0 Å². The lowest BCUT2D eigenvalue weighted by molar-refractivity contribution is 0.421. The van der Waals surface area contributed by atoms with E-state index in [2.05, 4.69) is 25.6 Å². The van der Waals surface area contributed by atoms with Crippen molar-refractivity contribution in [1.82, 2.24) is 0 Å². The third-order valence-electron chi connectivity index (χ3n) is 3.73. The number of hydrogen-bond acceptors (Lipinski definition) is 2. The van der Waals surface area contributed by atoms with Crippen LogP contribution in [-0.4, -0.2) is 17.0 Å². The molecule has 0 aromatic heterocycles. The molecule has 0 heterocycles. The molecule has 0 aliphatic heterocycles. The molecule has 1 atom stereocenters. The minimum absolute atomic E-state index is 0.423. The van der Waals surface area contributed by atoms with Crippen molar-refractivity contribution in [3.63, 3.8) is 0 Å². The van der Waals surface area contributed by atoms with Crippen molar-refractivity contribution in [2.75, 3.05) is 5.75 Å². The molecule has 0 saturated heterocycles. The zero-order chi connectivity index (χ0) is 11.1. The van der Waals surface area contributed by atoms with Gasteiger partial charge in [-0.3, -0.25) is 0 Å². The summed E-state index contributed by atoms with van der Waals surface area (Å²) in [5.74, 6) is 1.91. The van der Waals surface area contributed by atoms with Crippen molar-refractivity contribution in [2.45, 2.75) is 70.1 Å². The smallest absolute Gasteiger partial charge is 0.0158 e. The molecule has 15 heavy (non-hydrogen) atoms. The second kappa shape index (κ2) is 7.56. The molecule has 0 bridgehead atoms. The lowest BCUT2D eigenvalue weighted by atomic mass is 9.96. The first-order chi connectivity index (χ1) is 7.27. The van der Waals surface area contributed by atoms with Gasteiger partial charge in [-0.15, -0.1) is 0 Å². The molecule has 1 nitrogen and oxygen atoms in total. The standard InChI is InChI=1S/C13H27NS/c1-3-11(4-2)13(14)10-15-12-8-6-5-7-9-12/h11-13H,3-10,14H2,1-2H3. The van der Waals surface area contributed by atoms with Crippen molar-refractivity contribution in [1.29, 1.82) is 0 Å². The Bertz CT molecular complexity index is 151. The van der Waals surface area contributed by atoms with Gasteiger partial charge in [0.2, 0.25) is 0 Å². The Hall–Kier alpha value is 0.310. The van der Waals surface area contributed by atoms with Crippen molar-refractivity contribution in [3.05, 3.63) is 0 Å². The van der Waals surface area contributed by atoms with E-state index in [4.69, 9.17) is 5.73 Å². The van der Waals surface area contributed by atoms with Crippen LogP contribution in [0.15, 0.2) is 0 Å². The molecule has 1 aliphatic carbocycles. The molecule has 2 heteroatoms. The van der Waals surface area contributed by atoms with Gasteiger partial charge in [0.1, 0.15) is 0 Å². The Kier molecular flexibility index (Phi) is 6.74. The largest absolute Gasteiger partial charge is 0.327 e. The van der Waals surface area contributed by atoms with Gasteiger partial charge in [0.25, 0.3) is 0 Å². The van der Waals surface area contributed by atoms with Crippen molar-refractivity contribution >= 4 is 11.8 Å². The van der Waals surface area contributed by atoms with E-state index in [0.717, 1.165) is 11.2 Å². The molecular weight excluding hydrogens is 202 g/mol. The predicted octanol–water partition coefficient (Wildman–Crippen LogP) is 3.82. The number of thioether (sulfide) groups is 1. The Morgan fingerprint density at radius 2 is 1.73 bits per heavy atom. The average Bonchev–Trinajstić information content (AvgIpc) is 2.29. The second-order valence-corrected chi connectivity index (χ2v) is 6.17. The van der Waals surface area contributed by atoms with Crippen LogP contribution < -0.4 is 5.73 Å². The SMILES string of the molecule is CCC(CC)C(N)CSC1CCCCC1. The maximum Gasteiger partial charge on any atom is 0.0158 e. The average molecular weight is 229 g/mol. The Balaban J connectivity index is 2.16. The summed E-state index contributed by atoms with van der Waals surface area (Å²) in [5, 5.41) is 0.916. The highest BCUT2D eigenvalue weighted by Gasteiger charge is 2.18. The van der Waals surface area contributed by atoms with Crippen LogP contribution in [0.1, 0.15) is 58.8 Å². The van der Waals surface area contributed by atoms with Crippen LogP contribution in [-0.2, 0) is 0 Å². The lowest BCUT2D eigenvalue weighted by Gasteiger charge is -2.25. The molecule has 1 fully saturated rings. The van der Waals surface area contributed by atoms with Crippen molar-refractivity contribution < 1.29 is 0 Å². The van der Waals surface area contributed by atoms with Crippen molar-refractivity contribution in [3.8, 4) is 0 Å². The van der Waals surface area contributed by atoms with E-state index in [1.165, 1.54) is 50.7 Å². The van der Waals surface area contributed by atoms with E-state index >= 15 is 0 Å². The van der Waals surface area contributed by atoms with E-state index in [1.54, 1.807) is 0 Å². The maximum absolute atomic E-state index is 6.24. The van der Waals surface area contributed by atoms with Crippen LogP contribution in [0.4, 0.5) is 0 Å².